The van der Waals surface area contributed by atoms with Crippen LogP contribution in [0.15, 0.2) is 6.07 Å². The number of aryl methyl sites for hydroxylation is 1. The molecule has 0 saturated carbocycles. The Bertz CT molecular complexity index is 457. The summed E-state index contributed by atoms with van der Waals surface area (Å²) in [6.07, 6.45) is 2.86. The summed E-state index contributed by atoms with van der Waals surface area (Å²) in [5, 5.41) is 0.245. The molecule has 4 nitrogen and oxygen atoms in total. The van der Waals surface area contributed by atoms with Gasteiger partial charge >= 0.3 is 5.97 Å². The molecule has 0 heterocycles. The van der Waals surface area contributed by atoms with Gasteiger partial charge in [0.05, 0.1) is 14.2 Å². The molecule has 106 valence electrons. The average molecular weight is 287 g/mol. The van der Waals surface area contributed by atoms with Gasteiger partial charge in [-0.05, 0) is 18.9 Å². The molecular weight excluding hydrogens is 268 g/mol. The molecule has 1 aromatic rings. The van der Waals surface area contributed by atoms with E-state index in [2.05, 4.69) is 6.92 Å². The van der Waals surface area contributed by atoms with Crippen molar-refractivity contribution in [1.29, 1.82) is 0 Å². The molecule has 0 spiro atoms. The van der Waals surface area contributed by atoms with E-state index in [0.29, 0.717) is 17.2 Å². The average Bonchev–Trinajstić information content (AvgIpc) is 2.38. The van der Waals surface area contributed by atoms with E-state index >= 15 is 0 Å². The van der Waals surface area contributed by atoms with Gasteiger partial charge in [0.2, 0.25) is 0 Å². The molecule has 1 aromatic carbocycles. The first-order valence-corrected chi connectivity index (χ1v) is 6.54. The predicted octanol–water partition coefficient (Wildman–Crippen LogP) is 3.63. The molecule has 0 aromatic heterocycles. The fourth-order valence-corrected chi connectivity index (χ4v) is 2.09. The minimum absolute atomic E-state index is 0.245. The Morgan fingerprint density at radius 1 is 1.26 bits per heavy atom. The van der Waals surface area contributed by atoms with Crippen molar-refractivity contribution < 1.29 is 19.0 Å². The first kappa shape index (κ1) is 15.6. The largest absolute Gasteiger partial charge is 0.493 e. The first-order chi connectivity index (χ1) is 9.04. The predicted molar refractivity (Wildman–Crippen MR) is 74.5 cm³/mol. The fraction of sp³-hybridized carbons (Fsp3) is 0.500. The van der Waals surface area contributed by atoms with Crippen LogP contribution in [-0.4, -0.2) is 20.2 Å². The Balaban J connectivity index is 3.30. The van der Waals surface area contributed by atoms with E-state index in [1.54, 1.807) is 13.2 Å². The van der Waals surface area contributed by atoms with Crippen LogP contribution >= 0.6 is 11.6 Å². The number of hydrogen-bond acceptors (Lipinski definition) is 4. The van der Waals surface area contributed by atoms with Crippen LogP contribution in [0.1, 0.15) is 32.3 Å². The van der Waals surface area contributed by atoms with Gasteiger partial charge in [-0.1, -0.05) is 24.9 Å². The number of benzene rings is 1. The van der Waals surface area contributed by atoms with Gasteiger partial charge in [0.15, 0.2) is 17.2 Å². The van der Waals surface area contributed by atoms with Gasteiger partial charge in [0.1, 0.15) is 5.02 Å². The quantitative estimate of drug-likeness (QED) is 0.592. The summed E-state index contributed by atoms with van der Waals surface area (Å²) in [7, 11) is 3.07. The molecule has 0 bridgehead atoms. The minimum atomic E-state index is -0.421. The van der Waals surface area contributed by atoms with Crippen molar-refractivity contribution >= 4 is 17.6 Å². The van der Waals surface area contributed by atoms with Crippen molar-refractivity contribution in [1.82, 2.24) is 0 Å². The van der Waals surface area contributed by atoms with Gasteiger partial charge in [0.25, 0.3) is 0 Å². The van der Waals surface area contributed by atoms with Crippen molar-refractivity contribution in [2.45, 2.75) is 33.1 Å². The summed E-state index contributed by atoms with van der Waals surface area (Å²) in [4.78, 5) is 11.1. The van der Waals surface area contributed by atoms with Crippen molar-refractivity contribution in [3.63, 3.8) is 0 Å². The van der Waals surface area contributed by atoms with Crippen LogP contribution in [0.2, 0.25) is 5.02 Å². The van der Waals surface area contributed by atoms with Crippen molar-refractivity contribution in [3.8, 4) is 17.2 Å². The molecule has 0 N–H and O–H groups in total. The summed E-state index contributed by atoms with van der Waals surface area (Å²) in [5.41, 5.74) is 0.918. The molecule has 0 atom stereocenters. The molecule has 0 fully saturated rings. The second kappa shape index (κ2) is 7.24. The maximum absolute atomic E-state index is 11.1. The number of carbonyl (C=O) groups excluding carboxylic acids is 1. The maximum atomic E-state index is 11.1. The summed E-state index contributed by atoms with van der Waals surface area (Å²) in [5.74, 6) is 0.874. The summed E-state index contributed by atoms with van der Waals surface area (Å²) >= 11 is 6.16. The van der Waals surface area contributed by atoms with Gasteiger partial charge in [-0.25, -0.2) is 0 Å². The van der Waals surface area contributed by atoms with E-state index in [4.69, 9.17) is 25.8 Å². The Hall–Kier alpha value is -1.42. The monoisotopic (exact) mass is 286 g/mol. The Kier molecular flexibility index (Phi) is 5.96. The van der Waals surface area contributed by atoms with Gasteiger partial charge in [-0.2, -0.15) is 0 Å². The van der Waals surface area contributed by atoms with Gasteiger partial charge in [-0.15, -0.1) is 0 Å². The molecule has 0 unspecified atom stereocenters. The molecule has 1 rings (SSSR count). The molecule has 0 aliphatic rings. The highest BCUT2D eigenvalue weighted by molar-refractivity contribution is 6.34. The molecule has 5 heteroatoms. The number of methoxy groups -OCH3 is 2. The molecule has 0 amide bonds. The van der Waals surface area contributed by atoms with Crippen molar-refractivity contribution in [2.75, 3.05) is 14.2 Å². The fourth-order valence-electron chi connectivity index (χ4n) is 1.83. The molecule has 0 aliphatic carbocycles. The number of ether oxygens (including phenoxy) is 3. The molecule has 0 saturated heterocycles. The summed E-state index contributed by atoms with van der Waals surface area (Å²) < 4.78 is 15.7. The third kappa shape index (κ3) is 3.77. The second-order valence-corrected chi connectivity index (χ2v) is 4.49. The van der Waals surface area contributed by atoms with E-state index in [9.17, 15) is 4.79 Å². The smallest absolute Gasteiger partial charge is 0.308 e. The Labute approximate surface area is 118 Å². The van der Waals surface area contributed by atoms with Crippen LogP contribution in [0.4, 0.5) is 0 Å². The number of esters is 1. The standard InChI is InChI=1S/C14H19ClO4/c1-5-6-7-10-8-11(19-9(2)16)12(15)14(18-4)13(10)17-3/h8H,5-7H2,1-4H3. The Morgan fingerprint density at radius 3 is 2.37 bits per heavy atom. The van der Waals surface area contributed by atoms with Crippen molar-refractivity contribution in [3.05, 3.63) is 16.7 Å². The van der Waals surface area contributed by atoms with Crippen LogP contribution in [0.3, 0.4) is 0 Å². The van der Waals surface area contributed by atoms with Crippen LogP contribution in [0.25, 0.3) is 0 Å². The number of rotatable bonds is 6. The van der Waals surface area contributed by atoms with Crippen molar-refractivity contribution in [2.24, 2.45) is 0 Å². The molecule has 0 aliphatic heterocycles. The minimum Gasteiger partial charge on any atom is -0.493 e. The van der Waals surface area contributed by atoms with E-state index in [-0.39, 0.29) is 5.02 Å². The van der Waals surface area contributed by atoms with Crippen LogP contribution in [0.5, 0.6) is 17.2 Å². The van der Waals surface area contributed by atoms with E-state index in [1.807, 2.05) is 0 Å². The van der Waals surface area contributed by atoms with Gasteiger partial charge in [0, 0.05) is 12.5 Å². The number of hydrogen-bond donors (Lipinski definition) is 0. The maximum Gasteiger partial charge on any atom is 0.308 e. The lowest BCUT2D eigenvalue weighted by molar-refractivity contribution is -0.131. The second-order valence-electron chi connectivity index (χ2n) is 4.11. The zero-order chi connectivity index (χ0) is 14.4. The normalized spacial score (nSPS) is 10.2. The topological polar surface area (TPSA) is 44.8 Å². The SMILES string of the molecule is CCCCc1cc(OC(C)=O)c(Cl)c(OC)c1OC. The number of unbranched alkanes of at least 4 members (excludes halogenated alkanes) is 1. The molecule has 0 radical (unpaired) electrons. The van der Waals surface area contributed by atoms with E-state index in [1.165, 1.54) is 14.0 Å². The zero-order valence-corrected chi connectivity index (χ0v) is 12.5. The highest BCUT2D eigenvalue weighted by Gasteiger charge is 2.20. The lowest BCUT2D eigenvalue weighted by Gasteiger charge is -2.16. The van der Waals surface area contributed by atoms with Gasteiger partial charge < -0.3 is 14.2 Å². The molecular formula is C14H19ClO4. The summed E-state index contributed by atoms with van der Waals surface area (Å²) in [6, 6.07) is 1.74. The lowest BCUT2D eigenvalue weighted by atomic mass is 10.1. The summed E-state index contributed by atoms with van der Waals surface area (Å²) in [6.45, 7) is 3.44. The third-order valence-electron chi connectivity index (χ3n) is 2.68. The zero-order valence-electron chi connectivity index (χ0n) is 11.7. The van der Waals surface area contributed by atoms with Gasteiger partial charge in [-0.3, -0.25) is 4.79 Å². The van der Waals surface area contributed by atoms with Crippen LogP contribution < -0.4 is 14.2 Å². The highest BCUT2D eigenvalue weighted by Crippen LogP contribution is 2.44. The Morgan fingerprint density at radius 2 is 1.89 bits per heavy atom. The number of carbonyl (C=O) groups is 1. The van der Waals surface area contributed by atoms with Crippen LogP contribution in [0, 0.1) is 0 Å². The number of halogens is 1. The first-order valence-electron chi connectivity index (χ1n) is 6.16. The van der Waals surface area contributed by atoms with E-state index < -0.39 is 5.97 Å². The van der Waals surface area contributed by atoms with E-state index in [0.717, 1.165) is 24.8 Å². The molecule has 19 heavy (non-hydrogen) atoms. The van der Waals surface area contributed by atoms with Crippen LogP contribution in [-0.2, 0) is 11.2 Å². The third-order valence-corrected chi connectivity index (χ3v) is 3.04. The lowest BCUT2D eigenvalue weighted by Crippen LogP contribution is -2.05. The highest BCUT2D eigenvalue weighted by atomic mass is 35.5.